The third kappa shape index (κ3) is 26.3. The number of thiazole rings is 1. The summed E-state index contributed by atoms with van der Waals surface area (Å²) in [5, 5.41) is 37.8. The van der Waals surface area contributed by atoms with E-state index in [2.05, 4.69) is 37.8 Å². The molecule has 1 aromatic carbocycles. The fourth-order valence-corrected chi connectivity index (χ4v) is 11.0. The van der Waals surface area contributed by atoms with Gasteiger partial charge in [0, 0.05) is 62.4 Å². The Bertz CT molecular complexity index is 2570. The van der Waals surface area contributed by atoms with E-state index in [0.29, 0.717) is 54.9 Å². The molecular formula is C62H98N10O14S. The van der Waals surface area contributed by atoms with E-state index in [-0.39, 0.29) is 119 Å². The molecule has 0 bridgehead atoms. The Kier molecular flexibility index (Phi) is 33.0. The van der Waals surface area contributed by atoms with Crippen molar-refractivity contribution in [3.63, 3.8) is 0 Å². The highest BCUT2D eigenvalue weighted by Crippen LogP contribution is 2.33. The number of urea groups is 1. The Morgan fingerprint density at radius 3 is 2.18 bits per heavy atom. The second-order valence-electron chi connectivity index (χ2n) is 23.7. The summed E-state index contributed by atoms with van der Waals surface area (Å²) in [5.41, 5.74) is 4.96. The van der Waals surface area contributed by atoms with Crippen LogP contribution < -0.4 is 37.6 Å². The number of hydrogen-bond acceptors (Lipinski definition) is 16. The van der Waals surface area contributed by atoms with Gasteiger partial charge in [0.1, 0.15) is 28.8 Å². The first kappa shape index (κ1) is 74.5. The number of rotatable bonds is 40. The van der Waals surface area contributed by atoms with Crippen molar-refractivity contribution in [1.29, 1.82) is 0 Å². The summed E-state index contributed by atoms with van der Waals surface area (Å²) in [6.45, 7) is 17.5. The summed E-state index contributed by atoms with van der Waals surface area (Å²) in [6, 6.07) is 1.29. The minimum atomic E-state index is -1.30. The van der Waals surface area contributed by atoms with Gasteiger partial charge >= 0.3 is 18.0 Å². The largest absolute Gasteiger partial charge is 0.481 e. The topological polar surface area (TPSA) is 339 Å². The first-order valence-corrected chi connectivity index (χ1v) is 31.3. The number of nitrogens with zero attached hydrogens (tertiary/aromatic N) is 3. The second kappa shape index (κ2) is 38.5. The van der Waals surface area contributed by atoms with Gasteiger partial charge in [-0.1, -0.05) is 66.5 Å². The monoisotopic (exact) mass is 1240 g/mol. The Hall–Kier alpha value is -6.72. The number of carboxylic acids is 1. The number of aliphatic hydroxyl groups is 1. The van der Waals surface area contributed by atoms with Gasteiger partial charge in [0.05, 0.1) is 44.5 Å². The van der Waals surface area contributed by atoms with Gasteiger partial charge in [0.15, 0.2) is 6.10 Å². The lowest BCUT2D eigenvalue weighted by atomic mass is 9.84. The molecule has 3 rings (SSSR count). The molecular weight excluding hydrogens is 1140 g/mol. The number of ether oxygens (including phenoxy) is 3. The van der Waals surface area contributed by atoms with Gasteiger partial charge in [-0.05, 0) is 114 Å². The lowest BCUT2D eigenvalue weighted by Crippen LogP contribution is -2.59. The van der Waals surface area contributed by atoms with E-state index in [9.17, 15) is 43.5 Å². The molecule has 1 aliphatic rings. The SMILES string of the molecule is C#CCCCCN(C(=O)[C@@H](NC(=O)[C@H]1CCCCN1C)[C@@H](C)CC)[C@H](C[C@@H](OC(C)=O)c1nc(C(=O)N[C@@H](Cc2ccc(NC(=O)[C@H](CCCNC(N)=O)NC(=O)[C@@H](NC(=O)CCOCCOCCO)C(C)C)cc2)CC(C)(C)C(=O)O)cs1)C(C)C. The smallest absolute Gasteiger partial charge is 0.312 e. The van der Waals surface area contributed by atoms with Crippen molar-refractivity contribution >= 4 is 70.4 Å². The normalized spacial score (nSPS) is 16.0. The molecule has 24 nitrogen and oxygen atoms in total. The zero-order valence-corrected chi connectivity index (χ0v) is 53.5. The number of likely N-dealkylation sites (tertiary alicyclic amines) is 1. The number of carboxylic acid groups (broad SMARTS) is 1. The number of aromatic nitrogens is 1. The molecule has 486 valence electrons. The van der Waals surface area contributed by atoms with E-state index in [4.69, 9.17) is 36.5 Å². The number of aliphatic carboxylic acids is 1. The number of piperidine rings is 1. The average molecular weight is 1240 g/mol. The van der Waals surface area contributed by atoms with Gasteiger partial charge in [0.25, 0.3) is 5.91 Å². The number of terminal acetylenes is 1. The number of nitrogens with two attached hydrogens (primary N) is 1. The van der Waals surface area contributed by atoms with E-state index in [1.165, 1.54) is 12.3 Å². The molecule has 0 spiro atoms. The number of carbonyl (C=O) groups excluding carboxylic acids is 8. The Balaban J connectivity index is 1.87. The van der Waals surface area contributed by atoms with E-state index in [1.54, 1.807) is 56.9 Å². The maximum absolute atomic E-state index is 15.0. The Labute approximate surface area is 517 Å². The average Bonchev–Trinajstić information content (AvgIpc) is 2.71. The quantitative estimate of drug-likeness (QED) is 0.0239. The summed E-state index contributed by atoms with van der Waals surface area (Å²) in [4.78, 5) is 129. The molecule has 1 fully saturated rings. The minimum Gasteiger partial charge on any atom is -0.481 e. The van der Waals surface area contributed by atoms with E-state index in [1.807, 2.05) is 39.6 Å². The molecule has 0 radical (unpaired) electrons. The highest BCUT2D eigenvalue weighted by molar-refractivity contribution is 7.09. The molecule has 0 saturated carbocycles. The van der Waals surface area contributed by atoms with Crippen LogP contribution in [0.15, 0.2) is 29.6 Å². The summed E-state index contributed by atoms with van der Waals surface area (Å²) in [6.07, 6.45) is 10.2. The van der Waals surface area contributed by atoms with Crippen LogP contribution in [-0.4, -0.2) is 174 Å². The van der Waals surface area contributed by atoms with E-state index < -0.39 is 83.3 Å². The number of nitrogens with one attached hydrogen (secondary N) is 6. The lowest BCUT2D eigenvalue weighted by Gasteiger charge is -2.40. The zero-order valence-electron chi connectivity index (χ0n) is 52.7. The van der Waals surface area contributed by atoms with Crippen LogP contribution in [0, 0.1) is 35.5 Å². The number of benzene rings is 1. The summed E-state index contributed by atoms with van der Waals surface area (Å²) >= 11 is 1.10. The number of likely N-dealkylation sites (N-methyl/N-ethyl adjacent to an activating group) is 1. The molecule has 0 unspecified atom stereocenters. The van der Waals surface area contributed by atoms with Gasteiger partial charge in [-0.15, -0.1) is 23.7 Å². The van der Waals surface area contributed by atoms with Crippen molar-refractivity contribution in [2.24, 2.45) is 28.9 Å². The first-order chi connectivity index (χ1) is 41.2. The number of amides is 8. The van der Waals surface area contributed by atoms with Crippen molar-refractivity contribution < 1.29 is 67.6 Å². The number of primary amides is 1. The predicted molar refractivity (Wildman–Crippen MR) is 331 cm³/mol. The second-order valence-corrected chi connectivity index (χ2v) is 24.6. The number of esters is 1. The van der Waals surface area contributed by atoms with E-state index in [0.717, 1.165) is 30.7 Å². The predicted octanol–water partition coefficient (Wildman–Crippen LogP) is 5.08. The molecule has 1 saturated heterocycles. The molecule has 1 aliphatic heterocycles. The molecule has 87 heavy (non-hydrogen) atoms. The van der Waals surface area contributed by atoms with Crippen LogP contribution in [0.5, 0.6) is 0 Å². The third-order valence-corrected chi connectivity index (χ3v) is 16.3. The van der Waals surface area contributed by atoms with Crippen LogP contribution in [0.2, 0.25) is 0 Å². The van der Waals surface area contributed by atoms with Crippen LogP contribution in [0.25, 0.3) is 0 Å². The van der Waals surface area contributed by atoms with Crippen molar-refractivity contribution in [1.82, 2.24) is 41.4 Å². The van der Waals surface area contributed by atoms with Crippen LogP contribution >= 0.6 is 11.3 Å². The van der Waals surface area contributed by atoms with Gasteiger partial charge in [-0.2, -0.15) is 0 Å². The number of aliphatic hydroxyl groups excluding tert-OH is 1. The zero-order chi connectivity index (χ0) is 64.8. The molecule has 1 aromatic heterocycles. The fraction of sp³-hybridized carbons (Fsp3) is 0.677. The third-order valence-electron chi connectivity index (χ3n) is 15.4. The summed E-state index contributed by atoms with van der Waals surface area (Å²) < 4.78 is 16.5. The molecule has 8 atom stereocenters. The van der Waals surface area contributed by atoms with Gasteiger partial charge in [-0.25, -0.2) is 9.78 Å². The van der Waals surface area contributed by atoms with Crippen molar-refractivity contribution in [2.45, 2.75) is 188 Å². The fourth-order valence-electron chi connectivity index (χ4n) is 10.1. The number of carbonyl (C=O) groups is 9. The first-order valence-electron chi connectivity index (χ1n) is 30.4. The van der Waals surface area contributed by atoms with E-state index >= 15 is 4.79 Å². The maximum Gasteiger partial charge on any atom is 0.312 e. The molecule has 2 heterocycles. The number of hydrogen-bond donors (Lipinski definition) is 9. The van der Waals surface area contributed by atoms with Crippen LogP contribution in [-0.2, 0) is 54.2 Å². The van der Waals surface area contributed by atoms with Crippen LogP contribution in [0.3, 0.4) is 0 Å². The highest BCUT2D eigenvalue weighted by Gasteiger charge is 2.39. The van der Waals surface area contributed by atoms with Crippen molar-refractivity contribution in [3.05, 3.63) is 45.9 Å². The molecule has 25 heteroatoms. The number of anilines is 1. The van der Waals surface area contributed by atoms with Crippen LogP contribution in [0.4, 0.5) is 10.5 Å². The van der Waals surface area contributed by atoms with Crippen molar-refractivity contribution in [3.8, 4) is 12.3 Å². The Morgan fingerprint density at radius 1 is 0.897 bits per heavy atom. The molecule has 8 amide bonds. The lowest BCUT2D eigenvalue weighted by molar-refractivity contribution is -0.150. The summed E-state index contributed by atoms with van der Waals surface area (Å²) in [5.74, 6) is -2.48. The molecule has 2 aromatic rings. The Morgan fingerprint density at radius 2 is 1.59 bits per heavy atom. The summed E-state index contributed by atoms with van der Waals surface area (Å²) in [7, 11) is 1.92. The van der Waals surface area contributed by atoms with Gasteiger partial charge in [0.2, 0.25) is 29.5 Å². The minimum absolute atomic E-state index is 0.00402. The highest BCUT2D eigenvalue weighted by atomic mass is 32.1. The van der Waals surface area contributed by atoms with Gasteiger partial charge < -0.3 is 67.0 Å². The standard InChI is InChI=1S/C62H98N10O14S/c1-12-14-15-17-29-72(59(80)53(41(7)13-2)70-56(78)48-21-16-18-28-71(48)11)49(39(3)4)36-50(86-42(8)74)58-68-47(38-87-58)55(77)66-45(37-62(9,10)60(81)82)35-43-22-24-44(25-23-43)65-54(76)46(20-19-27-64-61(63)83)67-57(79)52(40(5)6)69-51(75)26-31-84-33-34-85-32-30-73/h1,22-25,38-41,45-46,48-50,52-53,73H,13-21,26-37H2,2-11H3,(H,65,76)(H,66,77)(H,67,79)(H,69,75)(H,70,78)(H,81,82)(H3,63,64,83)/t41-,45-,46-,48+,49+,50+,52-,53-/m0/s1. The number of unbranched alkanes of at least 4 members (excludes halogenated alkanes) is 2. The molecule has 10 N–H and O–H groups in total. The van der Waals surface area contributed by atoms with Crippen LogP contribution in [0.1, 0.15) is 167 Å². The van der Waals surface area contributed by atoms with Crippen molar-refractivity contribution in [2.75, 3.05) is 65.0 Å². The van der Waals surface area contributed by atoms with Gasteiger partial charge in [-0.3, -0.25) is 43.3 Å². The molecule has 0 aliphatic carbocycles. The maximum atomic E-state index is 15.0.